The summed E-state index contributed by atoms with van der Waals surface area (Å²) in [7, 11) is 3.38. The van der Waals surface area contributed by atoms with Gasteiger partial charge in [-0.05, 0) is 61.8 Å². The zero-order chi connectivity index (χ0) is 21.8. The van der Waals surface area contributed by atoms with Crippen LogP contribution in [-0.2, 0) is 7.05 Å². The number of rotatable bonds is 6. The highest BCUT2D eigenvalue weighted by atomic mass is 16.5. The Morgan fingerprint density at radius 3 is 2.52 bits per heavy atom. The summed E-state index contributed by atoms with van der Waals surface area (Å²) in [6.07, 6.45) is 1.08. The number of nitrogens with zero attached hydrogens (tertiary/aromatic N) is 3. The van der Waals surface area contributed by atoms with Crippen LogP contribution in [-0.4, -0.2) is 36.3 Å². The van der Waals surface area contributed by atoms with Gasteiger partial charge < -0.3 is 19.9 Å². The molecular formula is C24H25N5O2. The Balaban J connectivity index is 1.82. The highest BCUT2D eigenvalue weighted by Gasteiger charge is 2.20. The molecule has 4 rings (SSSR count). The summed E-state index contributed by atoms with van der Waals surface area (Å²) in [6.45, 7) is 2.65. The van der Waals surface area contributed by atoms with Crippen molar-refractivity contribution >= 4 is 5.82 Å². The van der Waals surface area contributed by atoms with Crippen LogP contribution in [0.5, 0.6) is 5.75 Å². The molecule has 2 aromatic carbocycles. The highest BCUT2D eigenvalue weighted by Crippen LogP contribution is 2.31. The average Bonchev–Trinajstić information content (AvgIpc) is 3.34. The maximum atomic E-state index is 13.1. The number of hydrogen-bond donors (Lipinski definition) is 2. The maximum Gasteiger partial charge on any atom is 0.293 e. The van der Waals surface area contributed by atoms with E-state index in [9.17, 15) is 4.79 Å². The molecule has 2 heterocycles. The van der Waals surface area contributed by atoms with E-state index in [1.54, 1.807) is 30.9 Å². The fraction of sp³-hybridized carbons (Fsp3) is 0.292. The molecule has 1 saturated heterocycles. The predicted octanol–water partition coefficient (Wildman–Crippen LogP) is 3.02. The van der Waals surface area contributed by atoms with Gasteiger partial charge in [-0.2, -0.15) is 5.26 Å². The van der Waals surface area contributed by atoms with Crippen LogP contribution in [0.3, 0.4) is 0 Å². The Hall–Kier alpha value is -3.63. The molecule has 3 aromatic rings. The first-order valence-electron chi connectivity index (χ1n) is 10.3. The molecule has 0 saturated carbocycles. The van der Waals surface area contributed by atoms with Crippen molar-refractivity contribution in [3.8, 4) is 34.3 Å². The summed E-state index contributed by atoms with van der Waals surface area (Å²) in [4.78, 5) is 17.9. The van der Waals surface area contributed by atoms with Gasteiger partial charge >= 0.3 is 0 Å². The van der Waals surface area contributed by atoms with E-state index in [1.807, 2.05) is 36.4 Å². The summed E-state index contributed by atoms with van der Waals surface area (Å²) in [5, 5.41) is 15.8. The second-order valence-electron chi connectivity index (χ2n) is 7.68. The number of hydrogen-bond acceptors (Lipinski definition) is 6. The van der Waals surface area contributed by atoms with Crippen LogP contribution in [0.2, 0.25) is 0 Å². The molecule has 7 heteroatoms. The first-order chi connectivity index (χ1) is 15.1. The number of nitrogens with one attached hydrogen (secondary N) is 2. The van der Waals surface area contributed by atoms with Gasteiger partial charge in [-0.3, -0.25) is 4.79 Å². The van der Waals surface area contributed by atoms with Gasteiger partial charge in [0.15, 0.2) is 5.82 Å². The van der Waals surface area contributed by atoms with Crippen LogP contribution >= 0.6 is 0 Å². The van der Waals surface area contributed by atoms with Crippen molar-refractivity contribution in [2.45, 2.75) is 6.42 Å². The molecule has 1 aliphatic heterocycles. The van der Waals surface area contributed by atoms with E-state index in [2.05, 4.69) is 16.7 Å². The summed E-state index contributed by atoms with van der Waals surface area (Å²) in [6, 6.07) is 16.9. The largest absolute Gasteiger partial charge is 0.497 e. The Kier molecular flexibility index (Phi) is 6.01. The zero-order valence-corrected chi connectivity index (χ0v) is 17.7. The second kappa shape index (κ2) is 9.02. The number of anilines is 1. The van der Waals surface area contributed by atoms with E-state index in [0.717, 1.165) is 36.4 Å². The Labute approximate surface area is 181 Å². The first-order valence-corrected chi connectivity index (χ1v) is 10.3. The lowest BCUT2D eigenvalue weighted by Gasteiger charge is -2.18. The van der Waals surface area contributed by atoms with E-state index in [-0.39, 0.29) is 5.56 Å². The molecule has 0 unspecified atom stereocenters. The molecule has 0 amide bonds. The highest BCUT2D eigenvalue weighted by molar-refractivity contribution is 5.79. The van der Waals surface area contributed by atoms with Crippen molar-refractivity contribution in [2.75, 3.05) is 32.1 Å². The minimum absolute atomic E-state index is 0.172. The van der Waals surface area contributed by atoms with Gasteiger partial charge in [0, 0.05) is 24.7 Å². The third-order valence-electron chi connectivity index (χ3n) is 5.66. The number of methoxy groups -OCH3 is 1. The average molecular weight is 415 g/mol. The lowest BCUT2D eigenvalue weighted by Crippen LogP contribution is -2.27. The lowest BCUT2D eigenvalue weighted by atomic mass is 10.0. The summed E-state index contributed by atoms with van der Waals surface area (Å²) in [5.74, 6) is 1.56. The number of benzene rings is 2. The standard InChI is InChI=1S/C24H25N5O2/c1-29-22(19-7-9-20(31-2)10-8-19)21(18-5-3-16(13-25)4-6-18)28-23(24(29)30)27-15-17-11-12-26-14-17/h3-10,17,26H,11-12,14-15H2,1-2H3,(H,27,28)/t17-/m0/s1. The lowest BCUT2D eigenvalue weighted by molar-refractivity contribution is 0.415. The smallest absolute Gasteiger partial charge is 0.293 e. The van der Waals surface area contributed by atoms with Crippen molar-refractivity contribution in [1.29, 1.82) is 5.26 Å². The molecule has 0 radical (unpaired) electrons. The van der Waals surface area contributed by atoms with E-state index in [1.165, 1.54) is 0 Å². The van der Waals surface area contributed by atoms with Crippen LogP contribution in [0.4, 0.5) is 5.82 Å². The number of aromatic nitrogens is 2. The molecule has 31 heavy (non-hydrogen) atoms. The van der Waals surface area contributed by atoms with Gasteiger partial charge in [0.1, 0.15) is 5.75 Å². The molecule has 1 aliphatic rings. The van der Waals surface area contributed by atoms with Gasteiger partial charge in [-0.15, -0.1) is 0 Å². The molecule has 2 N–H and O–H groups in total. The Morgan fingerprint density at radius 1 is 1.19 bits per heavy atom. The fourth-order valence-corrected chi connectivity index (χ4v) is 3.86. The van der Waals surface area contributed by atoms with Crippen LogP contribution in [0, 0.1) is 17.2 Å². The second-order valence-corrected chi connectivity index (χ2v) is 7.68. The quantitative estimate of drug-likeness (QED) is 0.643. The minimum Gasteiger partial charge on any atom is -0.497 e. The Bertz CT molecular complexity index is 1150. The molecule has 7 nitrogen and oxygen atoms in total. The van der Waals surface area contributed by atoms with Gasteiger partial charge in [0.05, 0.1) is 30.1 Å². The molecule has 0 spiro atoms. The molecule has 1 fully saturated rings. The molecule has 0 bridgehead atoms. The van der Waals surface area contributed by atoms with Crippen LogP contribution in [0.15, 0.2) is 53.3 Å². The van der Waals surface area contributed by atoms with Crippen LogP contribution < -0.4 is 20.9 Å². The topological polar surface area (TPSA) is 92.0 Å². The van der Waals surface area contributed by atoms with Crippen molar-refractivity contribution in [1.82, 2.24) is 14.9 Å². The SMILES string of the molecule is COc1ccc(-c2c(-c3ccc(C#N)cc3)nc(NC[C@H]3CCNC3)c(=O)n2C)cc1. The normalized spacial score (nSPS) is 15.5. The van der Waals surface area contributed by atoms with Crippen molar-refractivity contribution < 1.29 is 4.74 Å². The Morgan fingerprint density at radius 2 is 1.90 bits per heavy atom. The summed E-state index contributed by atoms with van der Waals surface area (Å²) < 4.78 is 6.91. The van der Waals surface area contributed by atoms with E-state index < -0.39 is 0 Å². The monoisotopic (exact) mass is 415 g/mol. The number of ether oxygens (including phenoxy) is 1. The zero-order valence-electron chi connectivity index (χ0n) is 17.7. The fourth-order valence-electron chi connectivity index (χ4n) is 3.86. The van der Waals surface area contributed by atoms with E-state index >= 15 is 0 Å². The van der Waals surface area contributed by atoms with Crippen molar-refractivity contribution in [2.24, 2.45) is 13.0 Å². The predicted molar refractivity (Wildman–Crippen MR) is 121 cm³/mol. The van der Waals surface area contributed by atoms with Gasteiger partial charge in [0.25, 0.3) is 5.56 Å². The van der Waals surface area contributed by atoms with Gasteiger partial charge in [0.2, 0.25) is 0 Å². The molecule has 158 valence electrons. The van der Waals surface area contributed by atoms with E-state index in [0.29, 0.717) is 35.2 Å². The van der Waals surface area contributed by atoms with Crippen LogP contribution in [0.25, 0.3) is 22.5 Å². The van der Waals surface area contributed by atoms with Gasteiger partial charge in [-0.1, -0.05) is 12.1 Å². The summed E-state index contributed by atoms with van der Waals surface area (Å²) in [5.41, 5.74) is 3.50. The minimum atomic E-state index is -0.172. The molecular weight excluding hydrogens is 390 g/mol. The molecule has 0 aliphatic carbocycles. The molecule has 1 atom stereocenters. The molecule has 1 aromatic heterocycles. The summed E-state index contributed by atoms with van der Waals surface area (Å²) >= 11 is 0. The van der Waals surface area contributed by atoms with E-state index in [4.69, 9.17) is 15.0 Å². The van der Waals surface area contributed by atoms with Gasteiger partial charge in [-0.25, -0.2) is 4.98 Å². The number of nitriles is 1. The van der Waals surface area contributed by atoms with Crippen LogP contribution in [0.1, 0.15) is 12.0 Å². The van der Waals surface area contributed by atoms with Crippen molar-refractivity contribution in [3.05, 3.63) is 64.4 Å². The van der Waals surface area contributed by atoms with Crippen molar-refractivity contribution in [3.63, 3.8) is 0 Å². The third-order valence-corrected chi connectivity index (χ3v) is 5.66. The maximum absolute atomic E-state index is 13.1. The first kappa shape index (κ1) is 20.6. The third kappa shape index (κ3) is 4.30.